The summed E-state index contributed by atoms with van der Waals surface area (Å²) in [5.41, 5.74) is 1.25. The van der Waals surface area contributed by atoms with Crippen LogP contribution in [-0.4, -0.2) is 24.8 Å². The largest absolute Gasteiger partial charge is 0.278 e. The number of hydrogen-bond acceptors (Lipinski definition) is 6. The molecule has 0 bridgehead atoms. The number of carbonyl (C=O) groups excluding carboxylic acids is 1. The van der Waals surface area contributed by atoms with Gasteiger partial charge in [0.15, 0.2) is 0 Å². The highest BCUT2D eigenvalue weighted by molar-refractivity contribution is 7.92. The smallest absolute Gasteiger partial charge is 0.263 e. The molecule has 3 aromatic rings. The van der Waals surface area contributed by atoms with Crippen molar-refractivity contribution in [3.8, 4) is 0 Å². The van der Waals surface area contributed by atoms with Gasteiger partial charge in [-0.1, -0.05) is 0 Å². The zero-order valence-electron chi connectivity index (χ0n) is 14.1. The summed E-state index contributed by atoms with van der Waals surface area (Å²) in [5, 5.41) is 2.61. The van der Waals surface area contributed by atoms with Gasteiger partial charge < -0.3 is 0 Å². The molecular formula is C17H16N4O3S2. The normalized spacial score (nSPS) is 11.2. The van der Waals surface area contributed by atoms with Crippen molar-refractivity contribution in [2.45, 2.75) is 18.7 Å². The highest BCUT2D eigenvalue weighted by Crippen LogP contribution is 2.29. The van der Waals surface area contributed by atoms with E-state index in [4.69, 9.17) is 0 Å². The van der Waals surface area contributed by atoms with Crippen LogP contribution >= 0.6 is 11.3 Å². The molecule has 9 heteroatoms. The zero-order valence-corrected chi connectivity index (χ0v) is 15.7. The van der Waals surface area contributed by atoms with Crippen LogP contribution in [0.4, 0.5) is 16.5 Å². The molecule has 0 unspecified atom stereocenters. The van der Waals surface area contributed by atoms with Gasteiger partial charge in [-0.25, -0.2) is 18.4 Å². The Kier molecular flexibility index (Phi) is 5.01. The first-order chi connectivity index (χ1) is 12.4. The minimum Gasteiger partial charge on any atom is -0.278 e. The highest BCUT2D eigenvalue weighted by Gasteiger charge is 2.17. The summed E-state index contributed by atoms with van der Waals surface area (Å²) in [6, 6.07) is 11.3. The van der Waals surface area contributed by atoms with Crippen LogP contribution in [0, 0.1) is 13.8 Å². The van der Waals surface area contributed by atoms with Crippen LogP contribution in [0.5, 0.6) is 0 Å². The summed E-state index contributed by atoms with van der Waals surface area (Å²) in [5.74, 6) is 0.697. The molecule has 0 atom stereocenters. The van der Waals surface area contributed by atoms with Crippen LogP contribution in [0.1, 0.15) is 11.5 Å². The number of aromatic nitrogens is 2. The molecule has 1 amide bonds. The second kappa shape index (κ2) is 7.22. The van der Waals surface area contributed by atoms with Crippen molar-refractivity contribution in [1.29, 1.82) is 0 Å². The monoisotopic (exact) mass is 388 g/mol. The third kappa shape index (κ3) is 3.89. The average Bonchev–Trinajstić information content (AvgIpc) is 3.09. The van der Waals surface area contributed by atoms with Crippen LogP contribution in [0.2, 0.25) is 0 Å². The number of benzene rings is 1. The Bertz CT molecular complexity index is 996. The van der Waals surface area contributed by atoms with Crippen molar-refractivity contribution < 1.29 is 13.2 Å². The third-order valence-electron chi connectivity index (χ3n) is 3.48. The summed E-state index contributed by atoms with van der Waals surface area (Å²) in [6.07, 6.45) is 0.694. The first kappa shape index (κ1) is 18.0. The Balaban J connectivity index is 1.86. The number of carbonyl (C=O) groups is 1. The average molecular weight is 388 g/mol. The van der Waals surface area contributed by atoms with Gasteiger partial charge in [-0.15, -0.1) is 11.3 Å². The van der Waals surface area contributed by atoms with E-state index in [2.05, 4.69) is 14.7 Å². The number of hydrogen-bond donors (Lipinski definition) is 1. The lowest BCUT2D eigenvalue weighted by atomic mass is 10.3. The topological polar surface area (TPSA) is 92.3 Å². The van der Waals surface area contributed by atoms with Crippen molar-refractivity contribution >= 4 is 44.3 Å². The van der Waals surface area contributed by atoms with Gasteiger partial charge in [-0.3, -0.25) is 14.4 Å². The molecule has 3 rings (SSSR count). The van der Waals surface area contributed by atoms with E-state index >= 15 is 0 Å². The molecule has 7 nitrogen and oxygen atoms in total. The molecule has 0 radical (unpaired) electrons. The van der Waals surface area contributed by atoms with Gasteiger partial charge in [0.2, 0.25) is 6.41 Å². The number of sulfonamides is 1. The van der Waals surface area contributed by atoms with Crippen molar-refractivity contribution in [2.24, 2.45) is 0 Å². The Labute approximate surface area is 155 Å². The molecule has 1 N–H and O–H groups in total. The van der Waals surface area contributed by atoms with Crippen molar-refractivity contribution in [2.75, 3.05) is 9.62 Å². The number of anilines is 3. The third-order valence-corrected chi connectivity index (χ3v) is 5.72. The van der Waals surface area contributed by atoms with E-state index in [0.717, 1.165) is 5.00 Å². The predicted octanol–water partition coefficient (Wildman–Crippen LogP) is 3.25. The number of aryl methyl sites for hydroxylation is 2. The number of amides is 1. The number of rotatable bonds is 6. The second-order valence-corrected chi connectivity index (χ2v) is 8.08. The maximum absolute atomic E-state index is 12.6. The van der Waals surface area contributed by atoms with E-state index < -0.39 is 10.0 Å². The maximum Gasteiger partial charge on any atom is 0.263 e. The van der Waals surface area contributed by atoms with Gasteiger partial charge in [0.05, 0.1) is 4.90 Å². The molecule has 134 valence electrons. The Morgan fingerprint density at radius 2 is 1.85 bits per heavy atom. The number of nitrogens with zero attached hydrogens (tertiary/aromatic N) is 3. The molecule has 0 aliphatic rings. The van der Waals surface area contributed by atoms with E-state index in [1.807, 2.05) is 17.5 Å². The Morgan fingerprint density at radius 1 is 1.12 bits per heavy atom. The second-order valence-electron chi connectivity index (χ2n) is 5.47. The van der Waals surface area contributed by atoms with Gasteiger partial charge in [0.25, 0.3) is 10.0 Å². The molecule has 1 aromatic carbocycles. The fourth-order valence-corrected chi connectivity index (χ4v) is 4.11. The fraction of sp³-hybridized carbons (Fsp3) is 0.118. The van der Waals surface area contributed by atoms with E-state index in [0.29, 0.717) is 23.6 Å². The molecule has 26 heavy (non-hydrogen) atoms. The Hall–Kier alpha value is -2.78. The molecule has 0 fully saturated rings. The maximum atomic E-state index is 12.6. The molecule has 0 spiro atoms. The predicted molar refractivity (Wildman–Crippen MR) is 101 cm³/mol. The minimum atomic E-state index is -3.79. The highest BCUT2D eigenvalue weighted by atomic mass is 32.2. The van der Waals surface area contributed by atoms with Crippen LogP contribution in [0.15, 0.2) is 52.7 Å². The quantitative estimate of drug-likeness (QED) is 0.655. The summed E-state index contributed by atoms with van der Waals surface area (Å²) >= 11 is 1.41. The first-order valence-electron chi connectivity index (χ1n) is 7.62. The van der Waals surface area contributed by atoms with Gasteiger partial charge in [0, 0.05) is 17.4 Å². The summed E-state index contributed by atoms with van der Waals surface area (Å²) in [7, 11) is -3.79. The molecule has 2 aromatic heterocycles. The fourth-order valence-electron chi connectivity index (χ4n) is 2.40. The lowest BCUT2D eigenvalue weighted by Crippen LogP contribution is -2.16. The summed E-state index contributed by atoms with van der Waals surface area (Å²) in [4.78, 5) is 21.1. The standard InChI is InChI=1S/C17H16N4O3S2/c1-12-10-16(19-13(2)18-12)20-26(23,24)15-7-5-14(6-8-15)21(11-22)17-4-3-9-25-17/h3-11H,1-2H3,(H,18,19,20). The minimum absolute atomic E-state index is 0.0761. The van der Waals surface area contributed by atoms with Crippen molar-refractivity contribution in [3.05, 3.63) is 59.4 Å². The molecule has 0 aliphatic carbocycles. The van der Waals surface area contributed by atoms with Gasteiger partial charge in [0.1, 0.15) is 16.6 Å². The van der Waals surface area contributed by atoms with Gasteiger partial charge >= 0.3 is 0 Å². The zero-order chi connectivity index (χ0) is 18.7. The van der Waals surface area contributed by atoms with Crippen LogP contribution in [0.25, 0.3) is 0 Å². The molecular weight excluding hydrogens is 372 g/mol. The van der Waals surface area contributed by atoms with E-state index in [1.54, 1.807) is 32.0 Å². The SMILES string of the molecule is Cc1cc(NS(=O)(=O)c2ccc(N(C=O)c3cccs3)cc2)nc(C)n1. The van der Waals surface area contributed by atoms with Gasteiger partial charge in [-0.2, -0.15) is 0 Å². The lowest BCUT2D eigenvalue weighted by molar-refractivity contribution is -0.106. The number of thiophene rings is 1. The molecule has 0 saturated carbocycles. The summed E-state index contributed by atoms with van der Waals surface area (Å²) in [6.45, 7) is 3.46. The molecule has 0 aliphatic heterocycles. The first-order valence-corrected chi connectivity index (χ1v) is 9.98. The van der Waals surface area contributed by atoms with E-state index in [-0.39, 0.29) is 10.7 Å². The van der Waals surface area contributed by atoms with Crippen LogP contribution in [0.3, 0.4) is 0 Å². The van der Waals surface area contributed by atoms with Crippen LogP contribution in [-0.2, 0) is 14.8 Å². The van der Waals surface area contributed by atoms with Gasteiger partial charge in [-0.05, 0) is 55.6 Å². The Morgan fingerprint density at radius 3 is 2.42 bits per heavy atom. The number of nitrogens with one attached hydrogen (secondary N) is 1. The van der Waals surface area contributed by atoms with E-state index in [1.165, 1.54) is 28.4 Å². The van der Waals surface area contributed by atoms with Crippen molar-refractivity contribution in [3.63, 3.8) is 0 Å². The van der Waals surface area contributed by atoms with Crippen LogP contribution < -0.4 is 9.62 Å². The summed E-state index contributed by atoms with van der Waals surface area (Å²) < 4.78 is 27.5. The molecule has 0 saturated heterocycles. The lowest BCUT2D eigenvalue weighted by Gasteiger charge is -2.16. The molecule has 2 heterocycles. The van der Waals surface area contributed by atoms with Crippen molar-refractivity contribution in [1.82, 2.24) is 9.97 Å². The van der Waals surface area contributed by atoms with E-state index in [9.17, 15) is 13.2 Å².